The van der Waals surface area contributed by atoms with Gasteiger partial charge < -0.3 is 14.8 Å². The van der Waals surface area contributed by atoms with Crippen LogP contribution in [-0.2, 0) is 0 Å². The third-order valence-corrected chi connectivity index (χ3v) is 5.62. The molecule has 0 saturated carbocycles. The lowest BCUT2D eigenvalue weighted by Crippen LogP contribution is -2.48. The van der Waals surface area contributed by atoms with Gasteiger partial charge in [-0.1, -0.05) is 54.0 Å². The summed E-state index contributed by atoms with van der Waals surface area (Å²) in [7, 11) is 2.78. The summed E-state index contributed by atoms with van der Waals surface area (Å²) in [6.07, 6.45) is -0.479. The molecule has 0 fully saturated rings. The van der Waals surface area contributed by atoms with Gasteiger partial charge in [0.05, 0.1) is 14.2 Å². The molecule has 1 aromatic carbocycles. The predicted molar refractivity (Wildman–Crippen MR) is 119 cm³/mol. The summed E-state index contributed by atoms with van der Waals surface area (Å²) in [5, 5.41) is 2.11. The van der Waals surface area contributed by atoms with Crippen LogP contribution in [0.25, 0.3) is 5.57 Å². The first kappa shape index (κ1) is 26.9. The Hall–Kier alpha value is -2.18. The molecule has 176 valence electrons. The lowest BCUT2D eigenvalue weighted by atomic mass is 9.87. The third kappa shape index (κ3) is 6.91. The van der Waals surface area contributed by atoms with Crippen molar-refractivity contribution in [3.05, 3.63) is 29.3 Å². The van der Waals surface area contributed by atoms with Crippen LogP contribution in [0.5, 0.6) is 11.5 Å². The van der Waals surface area contributed by atoms with Gasteiger partial charge >= 0.3 is 6.18 Å². The number of methoxy groups -OCH3 is 2. The molecule has 1 aromatic rings. The average molecular weight is 444 g/mol. The Morgan fingerprint density at radius 2 is 1.55 bits per heavy atom. The van der Waals surface area contributed by atoms with Crippen molar-refractivity contribution in [1.82, 2.24) is 5.32 Å². The standard InChI is InChI=1S/C24H36F3NO3/c1-9-15(5)11-18(16(6)10-2)17-12-19(30-7)21(20(13-17)31-8)23(29)28-22(14(3)4)24(25,26)27/h11-16,22H,9-10H2,1-8H3,(H,28,29)/b18-11+. The minimum Gasteiger partial charge on any atom is -0.496 e. The fourth-order valence-electron chi connectivity index (χ4n) is 3.33. The molecule has 0 aliphatic rings. The van der Waals surface area contributed by atoms with Crippen LogP contribution in [0.4, 0.5) is 13.2 Å². The van der Waals surface area contributed by atoms with Crippen LogP contribution < -0.4 is 14.8 Å². The molecule has 3 atom stereocenters. The maximum Gasteiger partial charge on any atom is 0.408 e. The van der Waals surface area contributed by atoms with E-state index in [4.69, 9.17) is 9.47 Å². The van der Waals surface area contributed by atoms with Crippen molar-refractivity contribution in [1.29, 1.82) is 0 Å². The minimum absolute atomic E-state index is 0.0457. The summed E-state index contributed by atoms with van der Waals surface area (Å²) in [5.74, 6) is -0.756. The number of hydrogen-bond acceptors (Lipinski definition) is 3. The second kappa shape index (κ2) is 11.4. The molecular weight excluding hydrogens is 407 g/mol. The number of amides is 1. The van der Waals surface area contributed by atoms with Crippen molar-refractivity contribution in [3.63, 3.8) is 0 Å². The second-order valence-corrected chi connectivity index (χ2v) is 8.31. The van der Waals surface area contributed by atoms with Crippen LogP contribution in [0.2, 0.25) is 0 Å². The zero-order valence-electron chi connectivity index (χ0n) is 19.8. The molecule has 0 bridgehead atoms. The van der Waals surface area contributed by atoms with Gasteiger partial charge in [0.15, 0.2) is 0 Å². The first-order valence-corrected chi connectivity index (χ1v) is 10.8. The molecule has 0 heterocycles. The molecule has 7 heteroatoms. The smallest absolute Gasteiger partial charge is 0.408 e. The highest BCUT2D eigenvalue weighted by atomic mass is 19.4. The summed E-state index contributed by atoms with van der Waals surface area (Å²) in [6.45, 7) is 11.3. The fraction of sp³-hybridized carbons (Fsp3) is 0.625. The second-order valence-electron chi connectivity index (χ2n) is 8.31. The van der Waals surface area contributed by atoms with E-state index >= 15 is 0 Å². The van der Waals surface area contributed by atoms with Gasteiger partial charge in [0, 0.05) is 0 Å². The maximum atomic E-state index is 13.4. The molecule has 4 nitrogen and oxygen atoms in total. The minimum atomic E-state index is -4.56. The van der Waals surface area contributed by atoms with Gasteiger partial charge in [0.25, 0.3) is 5.91 Å². The Morgan fingerprint density at radius 3 is 1.90 bits per heavy atom. The normalized spacial score (nSPS) is 15.4. The summed E-state index contributed by atoms with van der Waals surface area (Å²) < 4.78 is 51.0. The van der Waals surface area contributed by atoms with Crippen LogP contribution in [-0.4, -0.2) is 32.3 Å². The Morgan fingerprint density at radius 1 is 1.03 bits per heavy atom. The van der Waals surface area contributed by atoms with E-state index in [1.165, 1.54) is 28.1 Å². The van der Waals surface area contributed by atoms with Crippen LogP contribution in [0.15, 0.2) is 18.2 Å². The summed E-state index contributed by atoms with van der Waals surface area (Å²) >= 11 is 0. The lowest BCUT2D eigenvalue weighted by molar-refractivity contribution is -0.162. The number of carbonyl (C=O) groups excluding carboxylic acids is 1. The van der Waals surface area contributed by atoms with Gasteiger partial charge in [-0.15, -0.1) is 0 Å². The molecule has 0 aliphatic heterocycles. The van der Waals surface area contributed by atoms with Gasteiger partial charge in [-0.2, -0.15) is 13.2 Å². The molecule has 0 radical (unpaired) electrons. The van der Waals surface area contributed by atoms with Gasteiger partial charge in [0.1, 0.15) is 23.1 Å². The fourth-order valence-corrected chi connectivity index (χ4v) is 3.33. The Kier molecular flexibility index (Phi) is 9.91. The number of alkyl halides is 3. The van der Waals surface area contributed by atoms with Gasteiger partial charge in [-0.3, -0.25) is 4.79 Å². The van der Waals surface area contributed by atoms with Crippen molar-refractivity contribution < 1.29 is 27.4 Å². The first-order valence-electron chi connectivity index (χ1n) is 10.8. The number of ether oxygens (including phenoxy) is 2. The van der Waals surface area contributed by atoms with Crippen molar-refractivity contribution in [2.75, 3.05) is 14.2 Å². The molecule has 1 N–H and O–H groups in total. The zero-order chi connectivity index (χ0) is 23.9. The highest BCUT2D eigenvalue weighted by Gasteiger charge is 2.43. The lowest BCUT2D eigenvalue weighted by Gasteiger charge is -2.26. The first-order chi connectivity index (χ1) is 14.4. The molecule has 1 rings (SSSR count). The number of hydrogen-bond donors (Lipinski definition) is 1. The number of carbonyl (C=O) groups is 1. The largest absolute Gasteiger partial charge is 0.496 e. The van der Waals surface area contributed by atoms with E-state index in [9.17, 15) is 18.0 Å². The van der Waals surface area contributed by atoms with E-state index < -0.39 is 24.0 Å². The van der Waals surface area contributed by atoms with Gasteiger partial charge in [-0.25, -0.2) is 0 Å². The van der Waals surface area contributed by atoms with Crippen LogP contribution in [0.1, 0.15) is 70.3 Å². The molecule has 1 amide bonds. The van der Waals surface area contributed by atoms with E-state index in [0.717, 1.165) is 24.0 Å². The quantitative estimate of drug-likeness (QED) is 0.449. The van der Waals surface area contributed by atoms with E-state index in [0.29, 0.717) is 5.92 Å². The molecule has 31 heavy (non-hydrogen) atoms. The number of benzene rings is 1. The molecule has 0 saturated heterocycles. The van der Waals surface area contributed by atoms with E-state index in [2.05, 4.69) is 39.1 Å². The van der Waals surface area contributed by atoms with Crippen LogP contribution in [0.3, 0.4) is 0 Å². The average Bonchev–Trinajstić information content (AvgIpc) is 2.72. The number of allylic oxidation sites excluding steroid dienone is 2. The zero-order valence-corrected chi connectivity index (χ0v) is 19.8. The number of halogens is 3. The van der Waals surface area contributed by atoms with Crippen molar-refractivity contribution in [3.8, 4) is 11.5 Å². The Labute approximate surface area is 184 Å². The van der Waals surface area contributed by atoms with E-state index in [1.807, 2.05) is 0 Å². The van der Waals surface area contributed by atoms with Crippen LogP contribution in [0, 0.1) is 17.8 Å². The summed E-state index contributed by atoms with van der Waals surface area (Å²) in [6, 6.07) is 1.43. The Balaban J connectivity index is 3.55. The highest BCUT2D eigenvalue weighted by Crippen LogP contribution is 2.37. The third-order valence-electron chi connectivity index (χ3n) is 5.62. The predicted octanol–water partition coefficient (Wildman–Crippen LogP) is 6.50. The number of nitrogens with one attached hydrogen (secondary N) is 1. The number of rotatable bonds is 10. The van der Waals surface area contributed by atoms with Crippen LogP contribution >= 0.6 is 0 Å². The molecule has 3 unspecified atom stereocenters. The van der Waals surface area contributed by atoms with Crippen molar-refractivity contribution in [2.45, 2.75) is 66.6 Å². The van der Waals surface area contributed by atoms with Crippen molar-refractivity contribution in [2.24, 2.45) is 17.8 Å². The van der Waals surface area contributed by atoms with E-state index in [-0.39, 0.29) is 23.0 Å². The molecule has 0 spiro atoms. The Bertz CT molecular complexity index is 747. The molecule has 0 aromatic heterocycles. The van der Waals surface area contributed by atoms with Gasteiger partial charge in [-0.05, 0) is 47.4 Å². The maximum absolute atomic E-state index is 13.4. The van der Waals surface area contributed by atoms with E-state index in [1.54, 1.807) is 12.1 Å². The monoisotopic (exact) mass is 443 g/mol. The highest BCUT2D eigenvalue weighted by molar-refractivity contribution is 6.00. The molecular formula is C24H36F3NO3. The topological polar surface area (TPSA) is 47.6 Å². The summed E-state index contributed by atoms with van der Waals surface area (Å²) in [5.41, 5.74) is 1.88. The van der Waals surface area contributed by atoms with Crippen molar-refractivity contribution >= 4 is 11.5 Å². The molecule has 0 aliphatic carbocycles. The SMILES string of the molecule is CCC(C)/C=C(/c1cc(OC)c(C(=O)NC(C(C)C)C(F)(F)F)c(OC)c1)C(C)CC. The summed E-state index contributed by atoms with van der Waals surface area (Å²) in [4.78, 5) is 12.9. The van der Waals surface area contributed by atoms with Gasteiger partial charge in [0.2, 0.25) is 0 Å².